The molecule has 2 rings (SSSR count). The third kappa shape index (κ3) is 1.72. The van der Waals surface area contributed by atoms with Gasteiger partial charge in [-0.15, -0.1) is 16.8 Å². The first-order valence-electron chi connectivity index (χ1n) is 5.11. The van der Waals surface area contributed by atoms with Gasteiger partial charge in [-0.05, 0) is 36.8 Å². The van der Waals surface area contributed by atoms with E-state index in [2.05, 4.69) is 36.7 Å². The Hall–Kier alpha value is -0.363. The van der Waals surface area contributed by atoms with Gasteiger partial charge in [0.15, 0.2) is 0 Å². The average Bonchev–Trinajstić information content (AvgIpc) is 2.70. The minimum absolute atomic E-state index is 0.617. The van der Waals surface area contributed by atoms with Crippen LogP contribution in [0.3, 0.4) is 0 Å². The van der Waals surface area contributed by atoms with Crippen LogP contribution < -0.4 is 0 Å². The fraction of sp³-hybridized carbons (Fsp3) is 0.500. The molecular weight excluding hydrogens is 208 g/mol. The smallest absolute Gasteiger partial charge is 0.117 e. The summed E-state index contributed by atoms with van der Waals surface area (Å²) in [6.45, 7) is 5.89. The number of rotatable bonds is 2. The predicted octanol–water partition coefficient (Wildman–Crippen LogP) is 3.15. The Morgan fingerprint density at radius 2 is 2.50 bits per heavy atom. The first kappa shape index (κ1) is 10.2. The van der Waals surface area contributed by atoms with E-state index in [1.807, 2.05) is 0 Å². The van der Waals surface area contributed by atoms with E-state index in [9.17, 15) is 0 Å². The largest absolute Gasteiger partial charge is 0.140 e. The van der Waals surface area contributed by atoms with Gasteiger partial charge in [-0.25, -0.2) is 0 Å². The first-order chi connectivity index (χ1) is 6.72. The number of hydrogen-bond donors (Lipinski definition) is 0. The summed E-state index contributed by atoms with van der Waals surface area (Å²) in [5.74, 6) is 2.11. The number of fused-ring (bicyclic) bond motifs is 2. The molecule has 0 nitrogen and oxygen atoms in total. The van der Waals surface area contributed by atoms with E-state index in [1.165, 1.54) is 18.4 Å². The van der Waals surface area contributed by atoms with Gasteiger partial charge in [0.05, 0.1) is 0 Å². The molecule has 3 atom stereocenters. The molecule has 0 aromatic carbocycles. The zero-order chi connectivity index (χ0) is 10.1. The van der Waals surface area contributed by atoms with Crippen LogP contribution >= 0.6 is 11.1 Å². The molecule has 0 radical (unpaired) electrons. The van der Waals surface area contributed by atoms with Crippen molar-refractivity contribution in [2.24, 2.45) is 17.8 Å². The Morgan fingerprint density at radius 3 is 3.07 bits per heavy atom. The van der Waals surface area contributed by atoms with Gasteiger partial charge in [-0.3, -0.25) is 0 Å². The summed E-state index contributed by atoms with van der Waals surface area (Å²) in [6.07, 6.45) is 7.04. The van der Waals surface area contributed by atoms with Crippen molar-refractivity contribution in [2.45, 2.75) is 19.4 Å². The van der Waals surface area contributed by atoms with Gasteiger partial charge in [0, 0.05) is 5.92 Å². The van der Waals surface area contributed by atoms with E-state index >= 15 is 0 Å². The summed E-state index contributed by atoms with van der Waals surface area (Å²) < 4.78 is 0. The molecule has 0 spiro atoms. The summed E-state index contributed by atoms with van der Waals surface area (Å²) in [7, 11) is -0.690. The summed E-state index contributed by atoms with van der Waals surface area (Å²) in [5.41, 5.74) is 6.82. The average molecular weight is 223 g/mol. The van der Waals surface area contributed by atoms with Crippen LogP contribution in [0.2, 0.25) is 6.55 Å². The van der Waals surface area contributed by atoms with Gasteiger partial charge in [-0.2, -0.15) is 0 Å². The zero-order valence-corrected chi connectivity index (χ0v) is 10.2. The summed E-state index contributed by atoms with van der Waals surface area (Å²) in [5, 5.41) is 0. The molecule has 1 saturated carbocycles. The van der Waals surface area contributed by atoms with E-state index in [4.69, 9.17) is 11.1 Å². The van der Waals surface area contributed by atoms with Crippen molar-refractivity contribution < 1.29 is 0 Å². The van der Waals surface area contributed by atoms with Gasteiger partial charge in [-0.1, -0.05) is 24.4 Å². The fourth-order valence-corrected chi connectivity index (χ4v) is 3.47. The van der Waals surface area contributed by atoms with Gasteiger partial charge in [0.2, 0.25) is 0 Å². The van der Waals surface area contributed by atoms with Crippen LogP contribution in [-0.2, 0) is 0 Å². The lowest BCUT2D eigenvalue weighted by atomic mass is 9.93. The molecule has 0 saturated heterocycles. The highest BCUT2D eigenvalue weighted by Gasteiger charge is 2.39. The molecule has 2 aliphatic carbocycles. The third-order valence-electron chi connectivity index (χ3n) is 3.33. The van der Waals surface area contributed by atoms with Crippen molar-refractivity contribution in [2.75, 3.05) is 0 Å². The van der Waals surface area contributed by atoms with E-state index in [0.717, 1.165) is 11.8 Å². The quantitative estimate of drug-likeness (QED) is 0.292. The van der Waals surface area contributed by atoms with Crippen LogP contribution in [-0.4, -0.2) is 13.4 Å². The lowest BCUT2D eigenvalue weighted by molar-refractivity contribution is 0.458. The van der Waals surface area contributed by atoms with Crippen LogP contribution in [0.15, 0.2) is 30.0 Å². The molecule has 0 N–H and O–H groups in total. The molecular formula is C12H15ClSi. The van der Waals surface area contributed by atoms with Crippen LogP contribution in [0, 0.1) is 17.8 Å². The molecule has 0 aliphatic heterocycles. The van der Waals surface area contributed by atoms with Crippen LogP contribution in [0.5, 0.6) is 0 Å². The maximum absolute atomic E-state index is 6.03. The number of hydrogen-bond acceptors (Lipinski definition) is 0. The monoisotopic (exact) mass is 222 g/mol. The van der Waals surface area contributed by atoms with Crippen molar-refractivity contribution in [3.8, 4) is 0 Å². The summed E-state index contributed by atoms with van der Waals surface area (Å²) in [4.78, 5) is 0. The van der Waals surface area contributed by atoms with E-state index in [1.54, 1.807) is 0 Å². The molecule has 2 heteroatoms. The Balaban J connectivity index is 2.11. The van der Waals surface area contributed by atoms with Gasteiger partial charge >= 0.3 is 0 Å². The topological polar surface area (TPSA) is 0 Å². The SMILES string of the molecule is C=C=C1CC2C=CC1C2CC=[Si](C)Cl. The van der Waals surface area contributed by atoms with E-state index < -0.39 is 7.72 Å². The second-order valence-corrected chi connectivity index (χ2v) is 7.54. The van der Waals surface area contributed by atoms with Crippen molar-refractivity contribution in [1.29, 1.82) is 0 Å². The second-order valence-electron chi connectivity index (χ2n) is 4.17. The molecule has 3 unspecified atom stereocenters. The summed E-state index contributed by atoms with van der Waals surface area (Å²) >= 11 is 6.03. The van der Waals surface area contributed by atoms with Gasteiger partial charge in [0.1, 0.15) is 7.72 Å². The van der Waals surface area contributed by atoms with Gasteiger partial charge < -0.3 is 0 Å². The molecule has 2 aliphatic rings. The molecule has 0 aromatic heterocycles. The molecule has 14 heavy (non-hydrogen) atoms. The van der Waals surface area contributed by atoms with Crippen molar-refractivity contribution in [3.05, 3.63) is 30.0 Å². The molecule has 0 heterocycles. The van der Waals surface area contributed by atoms with Crippen molar-refractivity contribution in [3.63, 3.8) is 0 Å². The first-order valence-corrected chi connectivity index (χ1v) is 8.20. The Bertz CT molecular complexity index is 343. The van der Waals surface area contributed by atoms with Crippen molar-refractivity contribution >= 4 is 24.5 Å². The normalized spacial score (nSPS) is 35.1. The third-order valence-corrected chi connectivity index (χ3v) is 4.59. The highest BCUT2D eigenvalue weighted by atomic mass is 35.6. The Kier molecular flexibility index (Phi) is 2.92. The Labute approximate surface area is 91.9 Å². The molecule has 74 valence electrons. The van der Waals surface area contributed by atoms with Crippen LogP contribution in [0.1, 0.15) is 12.8 Å². The minimum Gasteiger partial charge on any atom is -0.140 e. The van der Waals surface area contributed by atoms with Crippen LogP contribution in [0.4, 0.5) is 0 Å². The Morgan fingerprint density at radius 1 is 1.71 bits per heavy atom. The van der Waals surface area contributed by atoms with E-state index in [-0.39, 0.29) is 0 Å². The standard InChI is InChI=1S/C12H15ClSi/c1-3-9-8-10-4-5-11(9)12(10)6-7-14(2)13/h4-5,7,10-12H,1,6,8H2,2H3. The lowest BCUT2D eigenvalue weighted by Crippen LogP contribution is -2.09. The van der Waals surface area contributed by atoms with Crippen LogP contribution in [0.25, 0.3) is 0 Å². The molecule has 0 amide bonds. The predicted molar refractivity (Wildman–Crippen MR) is 65.0 cm³/mol. The maximum atomic E-state index is 6.03. The highest BCUT2D eigenvalue weighted by Crippen LogP contribution is 2.48. The zero-order valence-electron chi connectivity index (χ0n) is 8.46. The molecule has 0 aromatic rings. The summed E-state index contributed by atoms with van der Waals surface area (Å²) in [6, 6.07) is 0. The van der Waals surface area contributed by atoms with E-state index in [0.29, 0.717) is 5.92 Å². The number of halogens is 1. The lowest BCUT2D eigenvalue weighted by Gasteiger charge is -2.12. The second kappa shape index (κ2) is 4.02. The maximum Gasteiger partial charge on any atom is 0.117 e. The van der Waals surface area contributed by atoms with Gasteiger partial charge in [0.25, 0.3) is 0 Å². The highest BCUT2D eigenvalue weighted by molar-refractivity contribution is 7.07. The molecule has 2 bridgehead atoms. The van der Waals surface area contributed by atoms with Crippen molar-refractivity contribution in [1.82, 2.24) is 0 Å². The molecule has 1 fully saturated rings. The fourth-order valence-electron chi connectivity index (χ4n) is 2.61. The number of allylic oxidation sites excluding steroid dienone is 3. The minimum atomic E-state index is -0.690.